The number of fused-ring (bicyclic) bond motifs is 2. The van der Waals surface area contributed by atoms with Crippen molar-refractivity contribution in [3.63, 3.8) is 0 Å². The first kappa shape index (κ1) is 26.0. The minimum atomic E-state index is -3.51. The van der Waals surface area contributed by atoms with Gasteiger partial charge in [0.2, 0.25) is 0 Å². The van der Waals surface area contributed by atoms with Crippen LogP contribution < -0.4 is 10.6 Å². The smallest absolute Gasteiger partial charge is 0.251 e. The van der Waals surface area contributed by atoms with Crippen molar-refractivity contribution < 1.29 is 22.0 Å². The van der Waals surface area contributed by atoms with E-state index >= 15 is 4.39 Å². The molecule has 5 rings (SSSR count). The summed E-state index contributed by atoms with van der Waals surface area (Å²) in [4.78, 5) is 21.5. The predicted molar refractivity (Wildman–Crippen MR) is 138 cm³/mol. The van der Waals surface area contributed by atoms with Gasteiger partial charge in [0.05, 0.1) is 16.8 Å². The highest BCUT2D eigenvalue weighted by Gasteiger charge is 2.43. The van der Waals surface area contributed by atoms with Gasteiger partial charge in [-0.25, -0.2) is 17.2 Å². The molecule has 1 aromatic heterocycles. The fourth-order valence-corrected chi connectivity index (χ4v) is 7.39. The number of aliphatic imine (C=N–C) groups is 1. The van der Waals surface area contributed by atoms with Crippen LogP contribution in [0, 0.1) is 23.7 Å². The van der Waals surface area contributed by atoms with E-state index in [1.807, 2.05) is 0 Å². The summed E-state index contributed by atoms with van der Waals surface area (Å²) >= 11 is 6.18. The molecule has 1 fully saturated rings. The molecular weight excluding hydrogens is 522 g/mol. The number of alkyl halides is 1. The maximum absolute atomic E-state index is 15.1. The Morgan fingerprint density at radius 3 is 2.92 bits per heavy atom. The van der Waals surface area contributed by atoms with Crippen molar-refractivity contribution >= 4 is 33.6 Å². The number of sulfone groups is 1. The van der Waals surface area contributed by atoms with Gasteiger partial charge in [-0.1, -0.05) is 11.6 Å². The van der Waals surface area contributed by atoms with E-state index in [0.717, 1.165) is 18.9 Å². The maximum atomic E-state index is 15.1. The summed E-state index contributed by atoms with van der Waals surface area (Å²) in [6, 6.07) is 3.28. The SMILES string of the molecule is CS(=O)(=O)C1=C2N=CC(F)=CC2CC(Cc2cc(C(=O)NCC3CCC4NC=C(Cl)C4C3F)ccn2)C1. The molecule has 0 radical (unpaired) electrons. The summed E-state index contributed by atoms with van der Waals surface area (Å²) in [6.07, 6.45) is 8.35. The van der Waals surface area contributed by atoms with E-state index in [2.05, 4.69) is 20.6 Å². The van der Waals surface area contributed by atoms with Crippen molar-refractivity contribution in [2.45, 2.75) is 44.3 Å². The molecule has 1 saturated carbocycles. The van der Waals surface area contributed by atoms with Crippen molar-refractivity contribution in [1.82, 2.24) is 15.6 Å². The number of carbonyl (C=O) groups excluding carboxylic acids is 1. The van der Waals surface area contributed by atoms with Crippen molar-refractivity contribution in [2.75, 3.05) is 12.8 Å². The Morgan fingerprint density at radius 1 is 1.32 bits per heavy atom. The molecular formula is C26H29ClF2N4O3S. The van der Waals surface area contributed by atoms with Gasteiger partial charge in [-0.3, -0.25) is 14.8 Å². The molecule has 0 bridgehead atoms. The minimum Gasteiger partial charge on any atom is -0.386 e. The highest BCUT2D eigenvalue weighted by molar-refractivity contribution is 7.94. The second-order valence-corrected chi connectivity index (χ2v) is 12.8. The second kappa shape index (κ2) is 10.3. The number of pyridine rings is 1. The summed E-state index contributed by atoms with van der Waals surface area (Å²) in [5, 5.41) is 6.47. The number of carbonyl (C=O) groups is 1. The van der Waals surface area contributed by atoms with Gasteiger partial charge in [0.25, 0.3) is 5.91 Å². The van der Waals surface area contributed by atoms with Gasteiger partial charge >= 0.3 is 0 Å². The Balaban J connectivity index is 1.24. The lowest BCUT2D eigenvalue weighted by Gasteiger charge is -2.35. The van der Waals surface area contributed by atoms with Crippen LogP contribution in [-0.2, 0) is 16.3 Å². The monoisotopic (exact) mass is 550 g/mol. The minimum absolute atomic E-state index is 0.0125. The van der Waals surface area contributed by atoms with Crippen LogP contribution in [0.4, 0.5) is 8.78 Å². The molecule has 1 aromatic rings. The number of amides is 1. The van der Waals surface area contributed by atoms with E-state index in [1.165, 1.54) is 12.3 Å². The number of aromatic nitrogens is 1. The van der Waals surface area contributed by atoms with Crippen LogP contribution in [0.25, 0.3) is 0 Å². The molecule has 37 heavy (non-hydrogen) atoms. The topological polar surface area (TPSA) is 101 Å². The van der Waals surface area contributed by atoms with Gasteiger partial charge in [0.15, 0.2) is 9.84 Å². The van der Waals surface area contributed by atoms with Crippen molar-refractivity contribution in [3.8, 4) is 0 Å². The van der Waals surface area contributed by atoms with E-state index in [0.29, 0.717) is 41.2 Å². The van der Waals surface area contributed by atoms with Gasteiger partial charge in [0, 0.05) is 65.3 Å². The molecule has 3 heterocycles. The molecule has 2 aliphatic carbocycles. The van der Waals surface area contributed by atoms with E-state index in [1.54, 1.807) is 18.3 Å². The first-order chi connectivity index (χ1) is 17.6. The fraction of sp³-hybridized carbons (Fsp3) is 0.500. The maximum Gasteiger partial charge on any atom is 0.251 e. The number of rotatable bonds is 6. The van der Waals surface area contributed by atoms with Gasteiger partial charge in [-0.05, 0) is 56.2 Å². The predicted octanol–water partition coefficient (Wildman–Crippen LogP) is 3.99. The summed E-state index contributed by atoms with van der Waals surface area (Å²) in [6.45, 7) is 0.207. The van der Waals surface area contributed by atoms with Crippen LogP contribution >= 0.6 is 11.6 Å². The Hall–Kier alpha value is -2.59. The Morgan fingerprint density at radius 2 is 2.14 bits per heavy atom. The fourth-order valence-electron chi connectivity index (χ4n) is 5.93. The summed E-state index contributed by atoms with van der Waals surface area (Å²) in [5.41, 5.74) is 1.44. The third kappa shape index (κ3) is 5.50. The summed E-state index contributed by atoms with van der Waals surface area (Å²) in [7, 11) is -3.51. The molecule has 2 N–H and O–H groups in total. The number of hydrogen-bond acceptors (Lipinski definition) is 6. The molecule has 11 heteroatoms. The molecule has 0 spiro atoms. The number of dihydropyridines is 1. The third-order valence-corrected chi connectivity index (χ3v) is 9.40. The van der Waals surface area contributed by atoms with Crippen LogP contribution in [-0.4, -0.2) is 50.5 Å². The van der Waals surface area contributed by atoms with Crippen LogP contribution in [0.1, 0.15) is 41.7 Å². The summed E-state index contributed by atoms with van der Waals surface area (Å²) < 4.78 is 53.7. The first-order valence-corrected chi connectivity index (χ1v) is 14.7. The molecule has 2 aliphatic heterocycles. The van der Waals surface area contributed by atoms with Gasteiger partial charge in [0.1, 0.15) is 12.0 Å². The van der Waals surface area contributed by atoms with Crippen molar-refractivity contribution in [3.05, 3.63) is 63.3 Å². The Labute approximate surface area is 220 Å². The van der Waals surface area contributed by atoms with E-state index < -0.39 is 27.8 Å². The standard InChI is InChI=1S/C26H29ClF2N4O3S/c1-37(35,36)22-8-14(6-17-9-18(28)12-32-25(17)22)7-19-10-15(4-5-30-19)26(34)33-11-16-2-3-21-23(24(16)29)20(27)13-31-21/h4-5,9-10,12-14,16-17,21,23-24,31H,2-3,6-8,11H2,1H3,(H,33,34). The number of halogens is 3. The lowest BCUT2D eigenvalue weighted by atomic mass is 9.77. The second-order valence-electron chi connectivity index (χ2n) is 10.4. The number of nitrogens with one attached hydrogen (secondary N) is 2. The average molecular weight is 551 g/mol. The van der Waals surface area contributed by atoms with Crippen LogP contribution in [0.3, 0.4) is 0 Å². The molecule has 7 nitrogen and oxygen atoms in total. The lowest BCUT2D eigenvalue weighted by Crippen LogP contribution is -2.45. The van der Waals surface area contributed by atoms with Crippen LogP contribution in [0.5, 0.6) is 0 Å². The van der Waals surface area contributed by atoms with E-state index in [4.69, 9.17) is 11.6 Å². The molecule has 6 atom stereocenters. The normalized spacial score (nSPS) is 31.1. The summed E-state index contributed by atoms with van der Waals surface area (Å²) in [5.74, 6) is -2.02. The zero-order valence-electron chi connectivity index (χ0n) is 20.3. The van der Waals surface area contributed by atoms with Gasteiger partial charge in [-0.15, -0.1) is 0 Å². The first-order valence-electron chi connectivity index (χ1n) is 12.4. The zero-order valence-corrected chi connectivity index (χ0v) is 21.9. The molecule has 198 valence electrons. The third-order valence-electron chi connectivity index (χ3n) is 7.76. The van der Waals surface area contributed by atoms with Gasteiger partial charge < -0.3 is 10.6 Å². The molecule has 4 aliphatic rings. The average Bonchev–Trinajstić information content (AvgIpc) is 3.23. The van der Waals surface area contributed by atoms with E-state index in [-0.39, 0.29) is 47.6 Å². The highest BCUT2D eigenvalue weighted by atomic mass is 35.5. The molecule has 1 amide bonds. The van der Waals surface area contributed by atoms with Gasteiger partial charge in [-0.2, -0.15) is 0 Å². The largest absolute Gasteiger partial charge is 0.386 e. The number of allylic oxidation sites excluding steroid dienone is 3. The molecule has 0 saturated heterocycles. The Bertz CT molecular complexity index is 1330. The quantitative estimate of drug-likeness (QED) is 0.558. The molecule has 6 unspecified atom stereocenters. The lowest BCUT2D eigenvalue weighted by molar-refractivity contribution is 0.0859. The van der Waals surface area contributed by atoms with Crippen LogP contribution in [0.15, 0.2) is 57.1 Å². The van der Waals surface area contributed by atoms with Crippen LogP contribution in [0.2, 0.25) is 0 Å². The zero-order chi connectivity index (χ0) is 26.3. The highest BCUT2D eigenvalue weighted by Crippen LogP contribution is 2.42. The number of nitrogens with zero attached hydrogens (tertiary/aromatic N) is 2. The number of hydrogen-bond donors (Lipinski definition) is 2. The van der Waals surface area contributed by atoms with Crippen molar-refractivity contribution in [2.24, 2.45) is 28.7 Å². The van der Waals surface area contributed by atoms with E-state index in [9.17, 15) is 17.6 Å². The molecule has 0 aromatic carbocycles. The van der Waals surface area contributed by atoms with Crippen molar-refractivity contribution in [1.29, 1.82) is 0 Å². The Kier molecular flexibility index (Phi) is 7.24.